The SMILES string of the molecule is O=C(NC1CCN(Cc2ccc(Cl)cc2)CC1)N1CCN(C(=O)C2CCCO2)CC1. The van der Waals surface area contributed by atoms with Crippen LogP contribution in [-0.4, -0.2) is 84.7 Å². The number of benzene rings is 1. The van der Waals surface area contributed by atoms with Crippen molar-refractivity contribution >= 4 is 23.5 Å². The van der Waals surface area contributed by atoms with Gasteiger partial charge >= 0.3 is 6.03 Å². The number of carbonyl (C=O) groups excluding carboxylic acids is 2. The molecule has 164 valence electrons. The molecule has 3 aliphatic heterocycles. The number of halogens is 1. The fourth-order valence-corrected chi connectivity index (χ4v) is 4.58. The lowest BCUT2D eigenvalue weighted by molar-refractivity contribution is -0.142. The number of amides is 3. The number of hydrogen-bond acceptors (Lipinski definition) is 4. The van der Waals surface area contributed by atoms with Crippen molar-refractivity contribution in [2.75, 3.05) is 45.9 Å². The lowest BCUT2D eigenvalue weighted by Gasteiger charge is -2.37. The normalized spacial score (nSPS) is 23.6. The predicted octanol–water partition coefficient (Wildman–Crippen LogP) is 2.34. The molecule has 1 unspecified atom stereocenters. The number of piperazine rings is 1. The van der Waals surface area contributed by atoms with Crippen LogP contribution in [0.3, 0.4) is 0 Å². The van der Waals surface area contributed by atoms with E-state index in [0.29, 0.717) is 32.8 Å². The summed E-state index contributed by atoms with van der Waals surface area (Å²) in [5.41, 5.74) is 1.26. The molecule has 0 aromatic heterocycles. The third-order valence-electron chi connectivity index (χ3n) is 6.32. The number of piperidine rings is 1. The van der Waals surface area contributed by atoms with Gasteiger partial charge in [0.15, 0.2) is 0 Å². The van der Waals surface area contributed by atoms with Crippen LogP contribution in [0.4, 0.5) is 4.79 Å². The highest BCUT2D eigenvalue weighted by Crippen LogP contribution is 2.18. The average Bonchev–Trinajstić information content (AvgIpc) is 3.31. The Morgan fingerprint density at radius 3 is 2.27 bits per heavy atom. The monoisotopic (exact) mass is 434 g/mol. The van der Waals surface area contributed by atoms with Gasteiger partial charge in [0, 0.05) is 63.5 Å². The highest BCUT2D eigenvalue weighted by molar-refractivity contribution is 6.30. The molecule has 1 atom stereocenters. The van der Waals surface area contributed by atoms with Gasteiger partial charge < -0.3 is 19.9 Å². The molecule has 4 rings (SSSR count). The van der Waals surface area contributed by atoms with Crippen LogP contribution in [0.1, 0.15) is 31.2 Å². The second-order valence-corrected chi connectivity index (χ2v) is 8.88. The van der Waals surface area contributed by atoms with E-state index in [1.807, 2.05) is 21.9 Å². The zero-order valence-corrected chi connectivity index (χ0v) is 18.1. The Morgan fingerprint density at radius 1 is 0.967 bits per heavy atom. The second kappa shape index (κ2) is 9.98. The number of carbonyl (C=O) groups is 2. The van der Waals surface area contributed by atoms with Crippen LogP contribution in [0, 0.1) is 0 Å². The molecule has 3 heterocycles. The number of ether oxygens (including phenoxy) is 1. The van der Waals surface area contributed by atoms with Crippen molar-refractivity contribution in [2.24, 2.45) is 0 Å². The molecular formula is C22H31ClN4O3. The quantitative estimate of drug-likeness (QED) is 0.790. The van der Waals surface area contributed by atoms with Crippen molar-refractivity contribution in [1.29, 1.82) is 0 Å². The summed E-state index contributed by atoms with van der Waals surface area (Å²) >= 11 is 5.96. The van der Waals surface area contributed by atoms with Gasteiger partial charge in [0.1, 0.15) is 6.10 Å². The van der Waals surface area contributed by atoms with Crippen LogP contribution in [-0.2, 0) is 16.1 Å². The highest BCUT2D eigenvalue weighted by Gasteiger charge is 2.32. The van der Waals surface area contributed by atoms with Crippen molar-refractivity contribution in [2.45, 2.75) is 44.4 Å². The van der Waals surface area contributed by atoms with Crippen LogP contribution < -0.4 is 5.32 Å². The van der Waals surface area contributed by atoms with Crippen molar-refractivity contribution in [1.82, 2.24) is 20.0 Å². The summed E-state index contributed by atoms with van der Waals surface area (Å²) < 4.78 is 5.50. The second-order valence-electron chi connectivity index (χ2n) is 8.44. The fraction of sp³-hybridized carbons (Fsp3) is 0.636. The number of hydrogen-bond donors (Lipinski definition) is 1. The molecule has 0 saturated carbocycles. The Labute approximate surface area is 183 Å². The fourth-order valence-electron chi connectivity index (χ4n) is 4.46. The first-order chi connectivity index (χ1) is 14.6. The van der Waals surface area contributed by atoms with Gasteiger partial charge in [-0.2, -0.15) is 0 Å². The lowest BCUT2D eigenvalue weighted by Crippen LogP contribution is -2.56. The molecule has 0 radical (unpaired) electrons. The van der Waals surface area contributed by atoms with Gasteiger partial charge in [-0.05, 0) is 43.4 Å². The predicted molar refractivity (Wildman–Crippen MR) is 115 cm³/mol. The molecule has 0 bridgehead atoms. The number of nitrogens with zero attached hydrogens (tertiary/aromatic N) is 3. The zero-order valence-electron chi connectivity index (χ0n) is 17.4. The van der Waals surface area contributed by atoms with E-state index >= 15 is 0 Å². The first-order valence-electron chi connectivity index (χ1n) is 11.0. The third kappa shape index (κ3) is 5.45. The van der Waals surface area contributed by atoms with Crippen LogP contribution >= 0.6 is 11.6 Å². The summed E-state index contributed by atoms with van der Waals surface area (Å²) in [5, 5.41) is 3.96. The van der Waals surface area contributed by atoms with Crippen molar-refractivity contribution in [3.05, 3.63) is 34.9 Å². The summed E-state index contributed by atoms with van der Waals surface area (Å²) in [6.07, 6.45) is 3.41. The molecule has 8 heteroatoms. The van der Waals surface area contributed by atoms with E-state index < -0.39 is 0 Å². The minimum Gasteiger partial charge on any atom is -0.368 e. The molecule has 3 fully saturated rings. The molecule has 1 aromatic carbocycles. The third-order valence-corrected chi connectivity index (χ3v) is 6.57. The molecule has 0 aliphatic carbocycles. The van der Waals surface area contributed by atoms with Gasteiger partial charge in [0.05, 0.1) is 0 Å². The van der Waals surface area contributed by atoms with Gasteiger partial charge in [0.2, 0.25) is 0 Å². The van der Waals surface area contributed by atoms with Crippen molar-refractivity contribution in [3.63, 3.8) is 0 Å². The smallest absolute Gasteiger partial charge is 0.317 e. The largest absolute Gasteiger partial charge is 0.368 e. The Morgan fingerprint density at radius 2 is 1.63 bits per heavy atom. The summed E-state index contributed by atoms with van der Waals surface area (Å²) in [7, 11) is 0. The highest BCUT2D eigenvalue weighted by atomic mass is 35.5. The van der Waals surface area contributed by atoms with Crippen LogP contribution in [0.15, 0.2) is 24.3 Å². The molecule has 0 spiro atoms. The van der Waals surface area contributed by atoms with E-state index in [9.17, 15) is 9.59 Å². The maximum atomic E-state index is 12.7. The lowest BCUT2D eigenvalue weighted by atomic mass is 10.0. The number of nitrogens with one attached hydrogen (secondary N) is 1. The van der Waals surface area contributed by atoms with Gasteiger partial charge in [-0.3, -0.25) is 9.69 Å². The Kier molecular flexibility index (Phi) is 7.12. The number of urea groups is 1. The van der Waals surface area contributed by atoms with Crippen molar-refractivity contribution in [3.8, 4) is 0 Å². The molecule has 30 heavy (non-hydrogen) atoms. The zero-order chi connectivity index (χ0) is 20.9. The standard InChI is InChI=1S/C22H31ClN4O3/c23-18-5-3-17(4-6-18)16-25-9-7-19(8-10-25)24-22(29)27-13-11-26(12-14-27)21(28)20-2-1-15-30-20/h3-6,19-20H,1-2,7-16H2,(H,24,29). The summed E-state index contributed by atoms with van der Waals surface area (Å²) in [5.74, 6) is 0.0839. The number of likely N-dealkylation sites (tertiary alicyclic amines) is 1. The van der Waals surface area contributed by atoms with Crippen LogP contribution in [0.5, 0.6) is 0 Å². The van der Waals surface area contributed by atoms with Crippen LogP contribution in [0.25, 0.3) is 0 Å². The first kappa shape index (κ1) is 21.4. The van der Waals surface area contributed by atoms with E-state index in [2.05, 4.69) is 22.3 Å². The van der Waals surface area contributed by atoms with Crippen molar-refractivity contribution < 1.29 is 14.3 Å². The molecule has 3 saturated heterocycles. The minimum absolute atomic E-state index is 0.00429. The van der Waals surface area contributed by atoms with Gasteiger partial charge in [-0.25, -0.2) is 4.79 Å². The minimum atomic E-state index is -0.275. The maximum Gasteiger partial charge on any atom is 0.317 e. The number of rotatable bonds is 4. The van der Waals surface area contributed by atoms with E-state index in [1.165, 1.54) is 5.56 Å². The van der Waals surface area contributed by atoms with E-state index in [1.54, 1.807) is 0 Å². The van der Waals surface area contributed by atoms with E-state index in [0.717, 1.165) is 50.3 Å². The molecule has 1 aromatic rings. The summed E-state index contributed by atoms with van der Waals surface area (Å²) in [6.45, 7) is 5.88. The van der Waals surface area contributed by atoms with E-state index in [4.69, 9.17) is 16.3 Å². The van der Waals surface area contributed by atoms with Gasteiger partial charge in [0.25, 0.3) is 5.91 Å². The summed E-state index contributed by atoms with van der Waals surface area (Å²) in [6, 6.07) is 8.20. The Balaban J connectivity index is 1.16. The average molecular weight is 435 g/mol. The van der Waals surface area contributed by atoms with Gasteiger partial charge in [-0.1, -0.05) is 23.7 Å². The van der Waals surface area contributed by atoms with E-state index in [-0.39, 0.29) is 24.1 Å². The molecule has 3 amide bonds. The first-order valence-corrected chi connectivity index (χ1v) is 11.4. The van der Waals surface area contributed by atoms with Crippen LogP contribution in [0.2, 0.25) is 5.02 Å². The molecule has 7 nitrogen and oxygen atoms in total. The molecular weight excluding hydrogens is 404 g/mol. The maximum absolute atomic E-state index is 12.7. The topological polar surface area (TPSA) is 65.1 Å². The summed E-state index contributed by atoms with van der Waals surface area (Å²) in [4.78, 5) is 31.2. The molecule has 3 aliphatic rings. The van der Waals surface area contributed by atoms with Gasteiger partial charge in [-0.15, -0.1) is 0 Å². The molecule has 1 N–H and O–H groups in total. The Bertz CT molecular complexity index is 722. The Hall–Kier alpha value is -1.83.